The summed E-state index contributed by atoms with van der Waals surface area (Å²) in [5, 5.41) is 19.3. The Kier molecular flexibility index (Phi) is 7.38. The predicted octanol–water partition coefficient (Wildman–Crippen LogP) is 1.68. The first-order chi connectivity index (χ1) is 10.3. The van der Waals surface area contributed by atoms with Gasteiger partial charge in [0.2, 0.25) is 0 Å². The van der Waals surface area contributed by atoms with Crippen molar-refractivity contribution in [3.63, 3.8) is 0 Å². The van der Waals surface area contributed by atoms with Crippen LogP contribution in [0.1, 0.15) is 43.6 Å². The molecule has 1 heterocycles. The third kappa shape index (κ3) is 5.67. The first-order valence-corrected chi connectivity index (χ1v) is 7.99. The maximum absolute atomic E-state index is 11.8. The summed E-state index contributed by atoms with van der Waals surface area (Å²) in [6.45, 7) is 8.80. The molecule has 2 amide bonds. The Morgan fingerprint density at radius 3 is 2.55 bits per heavy atom. The van der Waals surface area contributed by atoms with E-state index in [1.165, 1.54) is 11.3 Å². The van der Waals surface area contributed by atoms with Gasteiger partial charge >= 0.3 is 6.03 Å². The fraction of sp³-hybridized carbons (Fsp3) is 0.750. The van der Waals surface area contributed by atoms with Gasteiger partial charge in [-0.05, 0) is 44.6 Å². The Morgan fingerprint density at radius 1 is 1.36 bits per heavy atom. The Balaban J connectivity index is 2.30. The summed E-state index contributed by atoms with van der Waals surface area (Å²) in [5.74, 6) is 0.439. The fourth-order valence-electron chi connectivity index (χ4n) is 2.63. The Hall–Kier alpha value is -1.56. The van der Waals surface area contributed by atoms with Crippen LogP contribution in [0, 0.1) is 19.8 Å². The van der Waals surface area contributed by atoms with Gasteiger partial charge in [-0.3, -0.25) is 4.68 Å². The molecule has 6 heteroatoms. The molecule has 0 radical (unpaired) electrons. The van der Waals surface area contributed by atoms with Gasteiger partial charge in [-0.15, -0.1) is 0 Å². The molecule has 1 rings (SSSR count). The predicted molar refractivity (Wildman–Crippen MR) is 87.9 cm³/mol. The van der Waals surface area contributed by atoms with E-state index in [1.54, 1.807) is 0 Å². The van der Waals surface area contributed by atoms with Crippen LogP contribution < -0.4 is 10.6 Å². The average molecular weight is 310 g/mol. The summed E-state index contributed by atoms with van der Waals surface area (Å²) in [6, 6.07) is -0.387. The second kappa shape index (κ2) is 8.78. The average Bonchev–Trinajstić information content (AvgIpc) is 2.68. The Bertz CT molecular complexity index is 483. The van der Waals surface area contributed by atoms with Gasteiger partial charge in [-0.2, -0.15) is 5.10 Å². The quantitative estimate of drug-likeness (QED) is 0.639. The van der Waals surface area contributed by atoms with Gasteiger partial charge in [-0.1, -0.05) is 13.8 Å². The zero-order chi connectivity index (χ0) is 16.7. The number of aryl methyl sites for hydroxylation is 2. The molecule has 1 atom stereocenters. The molecule has 0 aliphatic heterocycles. The van der Waals surface area contributed by atoms with Crippen molar-refractivity contribution in [3.8, 4) is 0 Å². The van der Waals surface area contributed by atoms with E-state index in [0.29, 0.717) is 12.5 Å². The van der Waals surface area contributed by atoms with Gasteiger partial charge < -0.3 is 15.7 Å². The Labute approximate surface area is 133 Å². The topological polar surface area (TPSA) is 79.2 Å². The normalized spacial score (nSPS) is 12.5. The lowest BCUT2D eigenvalue weighted by Gasteiger charge is -2.18. The lowest BCUT2D eigenvalue weighted by atomic mass is 10.0. The monoisotopic (exact) mass is 310 g/mol. The van der Waals surface area contributed by atoms with Crippen molar-refractivity contribution in [2.24, 2.45) is 13.0 Å². The number of nitrogens with zero attached hydrogens (tertiary/aromatic N) is 2. The van der Waals surface area contributed by atoms with Gasteiger partial charge in [0.1, 0.15) is 0 Å². The highest BCUT2D eigenvalue weighted by Crippen LogP contribution is 2.13. The van der Waals surface area contributed by atoms with Crippen molar-refractivity contribution in [1.29, 1.82) is 0 Å². The molecule has 0 bridgehead atoms. The molecular weight excluding hydrogens is 280 g/mol. The first kappa shape index (κ1) is 18.5. The molecule has 0 aromatic carbocycles. The number of carbonyl (C=O) groups is 1. The van der Waals surface area contributed by atoms with E-state index >= 15 is 0 Å². The number of hydrogen-bond donors (Lipinski definition) is 3. The molecule has 6 nitrogen and oxygen atoms in total. The molecule has 126 valence electrons. The zero-order valence-corrected chi connectivity index (χ0v) is 14.4. The van der Waals surface area contributed by atoms with Gasteiger partial charge in [-0.25, -0.2) is 4.79 Å². The largest absolute Gasteiger partial charge is 0.394 e. The van der Waals surface area contributed by atoms with Crippen molar-refractivity contribution in [2.45, 2.75) is 53.0 Å². The number of aliphatic hydroxyl groups is 1. The Morgan fingerprint density at radius 2 is 2.05 bits per heavy atom. The van der Waals surface area contributed by atoms with Gasteiger partial charge in [0.15, 0.2) is 0 Å². The third-order valence-electron chi connectivity index (χ3n) is 3.86. The van der Waals surface area contributed by atoms with E-state index in [-0.39, 0.29) is 18.7 Å². The highest BCUT2D eigenvalue weighted by atomic mass is 16.3. The van der Waals surface area contributed by atoms with Gasteiger partial charge in [0.05, 0.1) is 18.3 Å². The van der Waals surface area contributed by atoms with Crippen LogP contribution in [0.2, 0.25) is 0 Å². The van der Waals surface area contributed by atoms with Crippen molar-refractivity contribution in [3.05, 3.63) is 17.0 Å². The van der Waals surface area contributed by atoms with Gasteiger partial charge in [0.25, 0.3) is 0 Å². The molecule has 0 spiro atoms. The molecule has 3 N–H and O–H groups in total. The van der Waals surface area contributed by atoms with E-state index < -0.39 is 0 Å². The number of amides is 2. The molecule has 0 aliphatic carbocycles. The van der Waals surface area contributed by atoms with E-state index in [0.717, 1.165) is 25.0 Å². The zero-order valence-electron chi connectivity index (χ0n) is 14.4. The number of carbonyl (C=O) groups excluding carboxylic acids is 1. The standard InChI is InChI=1S/C16H30N4O2/c1-11(2)9-14(10-21)18-16(22)17-8-6-7-15-12(3)19-20(5)13(15)4/h11,14,21H,6-10H2,1-5H3,(H2,17,18,22). The lowest BCUT2D eigenvalue weighted by molar-refractivity contribution is 0.207. The van der Waals surface area contributed by atoms with E-state index in [1.807, 2.05) is 18.7 Å². The highest BCUT2D eigenvalue weighted by Gasteiger charge is 2.13. The summed E-state index contributed by atoms with van der Waals surface area (Å²) in [4.78, 5) is 11.8. The van der Waals surface area contributed by atoms with Crippen LogP contribution in [0.4, 0.5) is 4.79 Å². The minimum absolute atomic E-state index is 0.0281. The minimum atomic E-state index is -0.209. The van der Waals surface area contributed by atoms with Crippen LogP contribution in [0.3, 0.4) is 0 Å². The summed E-state index contributed by atoms with van der Waals surface area (Å²) in [7, 11) is 1.95. The van der Waals surface area contributed by atoms with E-state index in [4.69, 9.17) is 0 Å². The summed E-state index contributed by atoms with van der Waals surface area (Å²) >= 11 is 0. The van der Waals surface area contributed by atoms with Crippen molar-refractivity contribution < 1.29 is 9.90 Å². The second-order valence-corrected chi connectivity index (χ2v) is 6.29. The molecule has 0 saturated heterocycles. The van der Waals surface area contributed by atoms with E-state index in [9.17, 15) is 9.90 Å². The van der Waals surface area contributed by atoms with E-state index in [2.05, 4.69) is 36.5 Å². The van der Waals surface area contributed by atoms with Gasteiger partial charge in [0, 0.05) is 19.3 Å². The number of hydrogen-bond acceptors (Lipinski definition) is 3. The molecule has 0 aliphatic rings. The summed E-state index contributed by atoms with van der Waals surface area (Å²) in [6.07, 6.45) is 2.55. The SMILES string of the molecule is Cc1nn(C)c(C)c1CCCNC(=O)NC(CO)CC(C)C. The molecule has 22 heavy (non-hydrogen) atoms. The number of rotatable bonds is 8. The molecule has 1 unspecified atom stereocenters. The first-order valence-electron chi connectivity index (χ1n) is 7.99. The lowest BCUT2D eigenvalue weighted by Crippen LogP contribution is -2.44. The number of aliphatic hydroxyl groups excluding tert-OH is 1. The van der Waals surface area contributed by atoms with Crippen LogP contribution in [-0.2, 0) is 13.5 Å². The third-order valence-corrected chi connectivity index (χ3v) is 3.86. The van der Waals surface area contributed by atoms with Crippen LogP contribution >= 0.6 is 0 Å². The number of urea groups is 1. The molecule has 0 fully saturated rings. The van der Waals surface area contributed by atoms with Crippen LogP contribution in [0.25, 0.3) is 0 Å². The maximum Gasteiger partial charge on any atom is 0.315 e. The molecule has 1 aromatic rings. The van der Waals surface area contributed by atoms with Crippen LogP contribution in [0.15, 0.2) is 0 Å². The minimum Gasteiger partial charge on any atom is -0.394 e. The number of aromatic nitrogens is 2. The number of nitrogens with one attached hydrogen (secondary N) is 2. The second-order valence-electron chi connectivity index (χ2n) is 6.29. The fourth-order valence-corrected chi connectivity index (χ4v) is 2.63. The summed E-state index contributed by atoms with van der Waals surface area (Å²) in [5.41, 5.74) is 3.50. The van der Waals surface area contributed by atoms with Crippen molar-refractivity contribution in [2.75, 3.05) is 13.2 Å². The van der Waals surface area contributed by atoms with Crippen LogP contribution in [-0.4, -0.2) is 40.1 Å². The summed E-state index contributed by atoms with van der Waals surface area (Å²) < 4.78 is 1.89. The molecular formula is C16H30N4O2. The van der Waals surface area contributed by atoms with Crippen LogP contribution in [0.5, 0.6) is 0 Å². The molecule has 0 saturated carbocycles. The van der Waals surface area contributed by atoms with Crippen molar-refractivity contribution in [1.82, 2.24) is 20.4 Å². The molecule has 1 aromatic heterocycles. The maximum atomic E-state index is 11.8. The van der Waals surface area contributed by atoms with Crippen molar-refractivity contribution >= 4 is 6.03 Å². The highest BCUT2D eigenvalue weighted by molar-refractivity contribution is 5.74. The smallest absolute Gasteiger partial charge is 0.315 e.